The van der Waals surface area contributed by atoms with E-state index in [4.69, 9.17) is 4.74 Å². The van der Waals surface area contributed by atoms with Gasteiger partial charge in [0.15, 0.2) is 0 Å². The van der Waals surface area contributed by atoms with Crippen molar-refractivity contribution in [1.29, 1.82) is 0 Å². The Balaban J connectivity index is 1.26. The maximum atomic E-state index is 13.2. The standard InChI is InChI=1S/C27H30N2O5/c1-27(16-13-14-16,25(32)28-23-12-6-11-21(23)24(30)31)29-26(33)34-15-22-19-9-4-2-7-17(19)18-8-3-5-10-20(18)22/h2-5,7-10,16,21-23H,6,11-15H2,1H3,(H,28,32)(H,29,33)(H,30,31)/t21-,23+,27?/m1/s1. The summed E-state index contributed by atoms with van der Waals surface area (Å²) in [6.07, 6.45) is 2.99. The third-order valence-corrected chi connectivity index (χ3v) is 7.72. The molecule has 0 saturated heterocycles. The van der Waals surface area contributed by atoms with Gasteiger partial charge in [0.05, 0.1) is 5.92 Å². The van der Waals surface area contributed by atoms with E-state index in [1.165, 1.54) is 0 Å². The highest BCUT2D eigenvalue weighted by Crippen LogP contribution is 2.45. The lowest BCUT2D eigenvalue weighted by Crippen LogP contribution is -2.60. The summed E-state index contributed by atoms with van der Waals surface area (Å²) in [7, 11) is 0. The van der Waals surface area contributed by atoms with E-state index in [1.54, 1.807) is 6.92 Å². The molecule has 0 radical (unpaired) electrons. The zero-order valence-corrected chi connectivity index (χ0v) is 19.3. The van der Waals surface area contributed by atoms with Gasteiger partial charge < -0.3 is 20.5 Å². The zero-order valence-electron chi connectivity index (χ0n) is 19.3. The molecule has 7 nitrogen and oxygen atoms in total. The molecule has 2 aromatic rings. The number of aliphatic carboxylic acids is 1. The summed E-state index contributed by atoms with van der Waals surface area (Å²) in [6.45, 7) is 1.89. The summed E-state index contributed by atoms with van der Waals surface area (Å²) in [5.74, 6) is -1.85. The van der Waals surface area contributed by atoms with Crippen LogP contribution < -0.4 is 10.6 Å². The van der Waals surface area contributed by atoms with Gasteiger partial charge in [-0.1, -0.05) is 55.0 Å². The van der Waals surface area contributed by atoms with Gasteiger partial charge in [-0.15, -0.1) is 0 Å². The fourth-order valence-electron chi connectivity index (χ4n) is 5.60. The Labute approximate surface area is 198 Å². The molecule has 7 heteroatoms. The Bertz CT molecular complexity index is 1080. The largest absolute Gasteiger partial charge is 0.481 e. The normalized spacial score (nSPS) is 22.9. The molecule has 178 valence electrons. The van der Waals surface area contributed by atoms with Crippen molar-refractivity contribution in [2.45, 2.75) is 56.5 Å². The van der Waals surface area contributed by atoms with Crippen LogP contribution in [-0.2, 0) is 14.3 Å². The molecule has 0 aromatic heterocycles. The first-order valence-corrected chi connectivity index (χ1v) is 12.1. The van der Waals surface area contributed by atoms with E-state index < -0.39 is 29.6 Å². The Morgan fingerprint density at radius 1 is 0.971 bits per heavy atom. The molecule has 0 spiro atoms. The van der Waals surface area contributed by atoms with Crippen LogP contribution in [0.25, 0.3) is 11.1 Å². The van der Waals surface area contributed by atoms with E-state index in [9.17, 15) is 19.5 Å². The van der Waals surface area contributed by atoms with Crippen molar-refractivity contribution in [3.8, 4) is 11.1 Å². The summed E-state index contributed by atoms with van der Waals surface area (Å²) in [5.41, 5.74) is 3.42. The first kappa shape index (κ1) is 22.4. The van der Waals surface area contributed by atoms with Crippen LogP contribution in [0.1, 0.15) is 56.1 Å². The van der Waals surface area contributed by atoms with Crippen LogP contribution in [0.5, 0.6) is 0 Å². The predicted molar refractivity (Wildman–Crippen MR) is 126 cm³/mol. The Hall–Kier alpha value is -3.35. The quantitative estimate of drug-likeness (QED) is 0.576. The zero-order chi connectivity index (χ0) is 23.9. The number of carboxylic acid groups (broad SMARTS) is 1. The van der Waals surface area contributed by atoms with E-state index in [1.807, 2.05) is 24.3 Å². The number of ether oxygens (including phenoxy) is 1. The van der Waals surface area contributed by atoms with Crippen LogP contribution in [0.15, 0.2) is 48.5 Å². The minimum Gasteiger partial charge on any atom is -0.481 e. The first-order chi connectivity index (χ1) is 16.4. The molecule has 2 aromatic carbocycles. The number of hydrogen-bond donors (Lipinski definition) is 3. The number of carboxylic acids is 1. The van der Waals surface area contributed by atoms with Gasteiger partial charge in [-0.25, -0.2) is 4.79 Å². The van der Waals surface area contributed by atoms with Gasteiger partial charge in [0, 0.05) is 12.0 Å². The van der Waals surface area contributed by atoms with E-state index >= 15 is 0 Å². The van der Waals surface area contributed by atoms with Gasteiger partial charge in [0.2, 0.25) is 5.91 Å². The minimum atomic E-state index is -1.13. The highest BCUT2D eigenvalue weighted by Gasteiger charge is 2.50. The number of carbonyl (C=O) groups excluding carboxylic acids is 2. The SMILES string of the molecule is CC(NC(=O)OCC1c2ccccc2-c2ccccc21)(C(=O)N[C@H]1CCC[C@H]1C(=O)O)C1CC1. The summed E-state index contributed by atoms with van der Waals surface area (Å²) < 4.78 is 5.67. The lowest BCUT2D eigenvalue weighted by atomic mass is 9.93. The number of benzene rings is 2. The molecule has 0 aliphatic heterocycles. The molecular weight excluding hydrogens is 432 g/mol. The molecule has 34 heavy (non-hydrogen) atoms. The predicted octanol–water partition coefficient (Wildman–Crippen LogP) is 4.06. The van der Waals surface area contributed by atoms with Crippen LogP contribution in [0, 0.1) is 11.8 Å². The van der Waals surface area contributed by atoms with E-state index in [-0.39, 0.29) is 24.3 Å². The highest BCUT2D eigenvalue weighted by molar-refractivity contribution is 5.91. The molecule has 2 fully saturated rings. The Kier molecular flexibility index (Phi) is 5.80. The Morgan fingerprint density at radius 3 is 2.18 bits per heavy atom. The second kappa shape index (κ2) is 8.78. The molecule has 3 N–H and O–H groups in total. The van der Waals surface area contributed by atoms with Crippen molar-refractivity contribution >= 4 is 18.0 Å². The average Bonchev–Trinajstić information content (AvgIpc) is 3.51. The number of alkyl carbamates (subject to hydrolysis) is 1. The number of amides is 2. The lowest BCUT2D eigenvalue weighted by molar-refractivity contribution is -0.142. The van der Waals surface area contributed by atoms with Crippen molar-refractivity contribution in [1.82, 2.24) is 10.6 Å². The molecular formula is C27H30N2O5. The van der Waals surface area contributed by atoms with Gasteiger partial charge in [-0.05, 0) is 60.8 Å². The van der Waals surface area contributed by atoms with Crippen LogP contribution in [0.4, 0.5) is 4.79 Å². The van der Waals surface area contributed by atoms with Crippen LogP contribution in [-0.4, -0.2) is 41.3 Å². The van der Waals surface area contributed by atoms with Gasteiger partial charge >= 0.3 is 12.1 Å². The molecule has 5 rings (SSSR count). The molecule has 3 aliphatic carbocycles. The Morgan fingerprint density at radius 2 is 1.59 bits per heavy atom. The molecule has 2 saturated carbocycles. The van der Waals surface area contributed by atoms with E-state index in [0.29, 0.717) is 12.8 Å². The second-order valence-corrected chi connectivity index (χ2v) is 9.88. The number of nitrogens with one attached hydrogen (secondary N) is 2. The average molecular weight is 463 g/mol. The van der Waals surface area contributed by atoms with Crippen LogP contribution in [0.2, 0.25) is 0 Å². The monoisotopic (exact) mass is 462 g/mol. The number of hydrogen-bond acceptors (Lipinski definition) is 4. The molecule has 3 atom stereocenters. The van der Waals surface area contributed by atoms with Crippen molar-refractivity contribution < 1.29 is 24.2 Å². The van der Waals surface area contributed by atoms with Gasteiger partial charge in [0.25, 0.3) is 0 Å². The maximum absolute atomic E-state index is 13.2. The smallest absolute Gasteiger partial charge is 0.408 e. The number of rotatable bonds is 7. The van der Waals surface area contributed by atoms with E-state index in [0.717, 1.165) is 41.5 Å². The first-order valence-electron chi connectivity index (χ1n) is 12.1. The maximum Gasteiger partial charge on any atom is 0.408 e. The molecule has 3 aliphatic rings. The van der Waals surface area contributed by atoms with Gasteiger partial charge in [-0.2, -0.15) is 0 Å². The van der Waals surface area contributed by atoms with Gasteiger partial charge in [0.1, 0.15) is 12.1 Å². The molecule has 0 bridgehead atoms. The summed E-state index contributed by atoms with van der Waals surface area (Å²) >= 11 is 0. The molecule has 1 unspecified atom stereocenters. The fourth-order valence-corrected chi connectivity index (χ4v) is 5.60. The third-order valence-electron chi connectivity index (χ3n) is 7.72. The third kappa shape index (κ3) is 4.04. The second-order valence-electron chi connectivity index (χ2n) is 9.88. The van der Waals surface area contributed by atoms with Crippen molar-refractivity contribution in [2.24, 2.45) is 11.8 Å². The number of fused-ring (bicyclic) bond motifs is 3. The van der Waals surface area contributed by atoms with E-state index in [2.05, 4.69) is 34.9 Å². The van der Waals surface area contributed by atoms with Crippen molar-refractivity contribution in [3.63, 3.8) is 0 Å². The topological polar surface area (TPSA) is 105 Å². The summed E-state index contributed by atoms with van der Waals surface area (Å²) in [4.78, 5) is 37.6. The van der Waals surface area contributed by atoms with Crippen LogP contribution >= 0.6 is 0 Å². The molecule has 2 amide bonds. The molecule has 0 heterocycles. The summed E-state index contributed by atoms with van der Waals surface area (Å²) in [5, 5.41) is 15.2. The van der Waals surface area contributed by atoms with Crippen LogP contribution in [0.3, 0.4) is 0 Å². The summed E-state index contributed by atoms with van der Waals surface area (Å²) in [6, 6.07) is 15.8. The highest BCUT2D eigenvalue weighted by atomic mass is 16.5. The van der Waals surface area contributed by atoms with Crippen molar-refractivity contribution in [3.05, 3.63) is 59.7 Å². The number of carbonyl (C=O) groups is 3. The fraction of sp³-hybridized carbons (Fsp3) is 0.444. The van der Waals surface area contributed by atoms with Gasteiger partial charge in [-0.3, -0.25) is 9.59 Å². The lowest BCUT2D eigenvalue weighted by Gasteiger charge is -2.31. The minimum absolute atomic E-state index is 0.0117. The van der Waals surface area contributed by atoms with Crippen molar-refractivity contribution in [2.75, 3.05) is 6.61 Å².